The quantitative estimate of drug-likeness (QED) is 0.0175. The van der Waals surface area contributed by atoms with Gasteiger partial charge in [0.2, 0.25) is 6.33 Å². The molecule has 16 heterocycles. The van der Waals surface area contributed by atoms with E-state index in [1.807, 2.05) is 164 Å². The van der Waals surface area contributed by atoms with E-state index in [9.17, 15) is 0 Å². The van der Waals surface area contributed by atoms with Gasteiger partial charge in [-0.3, -0.25) is 4.48 Å². The van der Waals surface area contributed by atoms with E-state index in [1.54, 1.807) is 9.03 Å². The highest BCUT2D eigenvalue weighted by molar-refractivity contribution is 5.85. The van der Waals surface area contributed by atoms with Crippen LogP contribution in [0.1, 0.15) is 59.8 Å². The second kappa shape index (κ2) is 43.4. The number of aryl methyl sites for hydroxylation is 6. The Balaban J connectivity index is 0.000000228. The Morgan fingerprint density at radius 2 is 1.00 bits per heavy atom. The van der Waals surface area contributed by atoms with Crippen LogP contribution in [0, 0.1) is 72.3 Å². The Kier molecular flexibility index (Phi) is 35.4. The molecule has 124 heavy (non-hydrogen) atoms. The van der Waals surface area contributed by atoms with Crippen LogP contribution < -0.4 is 73.5 Å². The molecule has 17 rings (SSSR count). The number of likely N-dealkylation sites (tertiary alicyclic amines) is 1. The molecular formula is C93H147N29O2. The van der Waals surface area contributed by atoms with Crippen molar-refractivity contribution in [2.75, 3.05) is 224 Å². The average Bonchev–Trinajstić information content (AvgIpc) is 1.63. The Hall–Kier alpha value is -11.9. The van der Waals surface area contributed by atoms with Crippen molar-refractivity contribution < 1.29 is 32.8 Å². The van der Waals surface area contributed by atoms with E-state index < -0.39 is 0 Å². The van der Waals surface area contributed by atoms with Crippen molar-refractivity contribution in [2.45, 2.75) is 65.8 Å². The summed E-state index contributed by atoms with van der Waals surface area (Å²) in [5, 5.41) is 43.0. The lowest BCUT2D eigenvalue weighted by Gasteiger charge is -2.36. The van der Waals surface area contributed by atoms with Gasteiger partial charge in [0.15, 0.2) is 23.3 Å². The Bertz CT molecular complexity index is 5650. The number of nitrogens with zero attached hydrogens (tertiary/aromatic N) is 20. The average molecular weight is 1700 g/mol. The molecule has 0 spiro atoms. The molecule has 31 heteroatoms. The molecule has 3 fully saturated rings. The number of anilines is 11. The fraction of sp³-hybridized carbons (Fsp3) is 0.387. The number of likely N-dealkylation sites (N-methyl/N-ethyl adjacent to an activating group) is 2. The maximum Gasteiger partial charge on any atom is 0.257 e. The number of nitrogen functional groups attached to an aromatic ring is 6. The van der Waals surface area contributed by atoms with Gasteiger partial charge in [-0.1, -0.05) is 36.4 Å². The predicted octanol–water partition coefficient (Wildman–Crippen LogP) is 10.5. The minimum atomic E-state index is 0. The SMILES string of the molecule is C[N+](C)(C)c1ccc(Nc2nn3ccccc3c2N)cc1.C[N+]1(C)CCCN(c2nn3ccccc3c2N)CC1.C[n+]1ccn(CCCOc2nn3ccccc3c2N)c1.Cc1ccc2c(N)c(C3CC[N+](C)(C)CC3)nn2c1C.Cc1ccc2c(N)c(NCC[N+](C)(C)C)nn2c1C.Nc1c(N2CC[NH+](CCO)CC2)nn2ccccc12.[CH3-].[CH3-].[CH3-].[CH3-].[CH3-].[CH3-]. The molecule has 31 nitrogen and oxygen atoms in total. The van der Waals surface area contributed by atoms with E-state index in [1.165, 1.54) is 66.3 Å². The van der Waals surface area contributed by atoms with Gasteiger partial charge in [0.25, 0.3) is 5.88 Å². The topological polar surface area (TPSA) is 333 Å². The summed E-state index contributed by atoms with van der Waals surface area (Å²) < 4.78 is 24.8. The van der Waals surface area contributed by atoms with Crippen molar-refractivity contribution in [3.05, 3.63) is 238 Å². The molecule has 0 amide bonds. The van der Waals surface area contributed by atoms with Crippen LogP contribution in [0.25, 0.3) is 33.1 Å². The molecule has 0 unspecified atom stereocenters. The van der Waals surface area contributed by atoms with Crippen LogP contribution in [0.5, 0.6) is 5.88 Å². The number of aliphatic hydroxyl groups excluding tert-OH is 1. The minimum absolute atomic E-state index is 0. The maximum atomic E-state index is 8.97. The van der Waals surface area contributed by atoms with Gasteiger partial charge in [0.1, 0.15) is 53.1 Å². The summed E-state index contributed by atoms with van der Waals surface area (Å²) in [4.78, 5) is 6.01. The number of aromatic nitrogens is 14. The van der Waals surface area contributed by atoms with Crippen molar-refractivity contribution >= 4 is 102 Å². The molecule has 0 atom stereocenters. The Morgan fingerprint density at radius 3 is 1.49 bits per heavy atom. The number of hydrogen-bond donors (Lipinski definition) is 10. The first-order chi connectivity index (χ1) is 56.2. The lowest BCUT2D eigenvalue weighted by molar-refractivity contribution is -0.900. The van der Waals surface area contributed by atoms with Crippen molar-refractivity contribution in [1.29, 1.82) is 0 Å². The highest BCUT2D eigenvalue weighted by Crippen LogP contribution is 2.36. The second-order valence-corrected chi connectivity index (χ2v) is 34.7. The third-order valence-corrected chi connectivity index (χ3v) is 22.8. The van der Waals surface area contributed by atoms with Crippen LogP contribution in [-0.2, 0) is 13.6 Å². The third-order valence-electron chi connectivity index (χ3n) is 22.8. The van der Waals surface area contributed by atoms with Crippen LogP contribution in [0.2, 0.25) is 0 Å². The van der Waals surface area contributed by atoms with E-state index in [-0.39, 0.29) is 51.2 Å². The van der Waals surface area contributed by atoms with Gasteiger partial charge in [-0.15, -0.1) is 25.5 Å². The van der Waals surface area contributed by atoms with Gasteiger partial charge in [-0.2, -0.15) is 5.10 Å². The molecule has 13 aromatic heterocycles. The summed E-state index contributed by atoms with van der Waals surface area (Å²) in [6.07, 6.45) is 18.2. The first-order valence-corrected chi connectivity index (χ1v) is 41.1. The van der Waals surface area contributed by atoms with E-state index in [4.69, 9.17) is 49.3 Å². The molecule has 1 aromatic carbocycles. The number of nitrogens with two attached hydrogens (primary N) is 6. The number of quaternary nitrogens is 5. The first-order valence-electron chi connectivity index (χ1n) is 41.1. The van der Waals surface area contributed by atoms with Crippen LogP contribution in [0.15, 0.2) is 165 Å². The van der Waals surface area contributed by atoms with E-state index in [2.05, 4.69) is 179 Å². The fourth-order valence-corrected chi connectivity index (χ4v) is 15.0. The zero-order valence-electron chi connectivity index (χ0n) is 78.1. The van der Waals surface area contributed by atoms with Crippen molar-refractivity contribution in [2.24, 2.45) is 7.05 Å². The van der Waals surface area contributed by atoms with Crippen molar-refractivity contribution in [1.82, 2.24) is 66.7 Å². The van der Waals surface area contributed by atoms with E-state index >= 15 is 0 Å². The standard InChI is InChI=1S/C16H20N5.C16H25N4.C14H18N5O.C14H22N5.C14H24N5.C13H19N5O.6CH3/c1-21(2,3)13-9-7-12(8-10-13)18-16-15(17)14-6-4-5-11-20(14)19-16;1-11-5-6-14-15(17)16(18-19(14)12(11)2)13-7-9-20(3,4)10-8-13;1-17-8-9-18(11-17)6-4-10-20-14-13(15)12-5-2-3-7-19(12)16-14;1-19(2)10-5-7-17(9-11-19)14-13(15)12-6-3-4-8-18(12)16-14;1-10-6-7-12-13(15)14(17-18(12)11(10)2)16-8-9-19(3,4)5;14-12-11-3-1-2-4-18(11)15-13(12)17-7-5-16(6-8-17)9-10-19;;;;;;/h4-11H,17H2,1-3H3,(H,18,19);5-6,13H,7-10,17H2,1-4H3;2-3,5,7-9,11H,4,6,10,15H2,1H3;3-4,6,8H,5,7,9-11,15H2,1-2H3;6-7H,8-9,15H2,1-5H3,(H,16,17);1-4,19H,5-10,14H2;6*1H3/q5*+1;;6*-1/p+1. The summed E-state index contributed by atoms with van der Waals surface area (Å²) in [5.41, 5.74) is 55.4. The molecule has 14 aromatic rings. The normalized spacial score (nSPS) is 14.4. The van der Waals surface area contributed by atoms with Gasteiger partial charge >= 0.3 is 0 Å². The molecule has 3 saturated heterocycles. The zero-order valence-corrected chi connectivity index (χ0v) is 78.1. The maximum absolute atomic E-state index is 8.97. The summed E-state index contributed by atoms with van der Waals surface area (Å²) in [7, 11) is 24.1. The minimum Gasteiger partial charge on any atom is -0.475 e. The van der Waals surface area contributed by atoms with Gasteiger partial charge in [0.05, 0.1) is 214 Å². The molecule has 0 aliphatic carbocycles. The van der Waals surface area contributed by atoms with Crippen LogP contribution in [0.3, 0.4) is 0 Å². The number of nitrogens with one attached hydrogen (secondary N) is 3. The number of ether oxygens (including phenoxy) is 1. The predicted molar refractivity (Wildman–Crippen MR) is 519 cm³/mol. The molecule has 3 aliphatic heterocycles. The number of benzene rings is 1. The Labute approximate surface area is 737 Å². The number of pyridine rings is 6. The van der Waals surface area contributed by atoms with E-state index in [0.29, 0.717) is 35.6 Å². The van der Waals surface area contributed by atoms with Gasteiger partial charge < -0.3 is 128 Å². The van der Waals surface area contributed by atoms with E-state index in [0.717, 1.165) is 187 Å². The zero-order chi connectivity index (χ0) is 84.4. The fourth-order valence-electron chi connectivity index (χ4n) is 15.0. The smallest absolute Gasteiger partial charge is 0.257 e. The Morgan fingerprint density at radius 1 is 0.516 bits per heavy atom. The van der Waals surface area contributed by atoms with Crippen LogP contribution >= 0.6 is 0 Å². The molecule has 0 saturated carbocycles. The van der Waals surface area contributed by atoms with Crippen LogP contribution in [0.4, 0.5) is 68.8 Å². The largest absolute Gasteiger partial charge is 0.475 e. The number of aliphatic hydroxyl groups is 1. The van der Waals surface area contributed by atoms with Gasteiger partial charge in [-0.25, -0.2) is 36.2 Å². The number of hydrogen-bond acceptors (Lipinski definition) is 18. The van der Waals surface area contributed by atoms with Crippen molar-refractivity contribution in [3.63, 3.8) is 0 Å². The summed E-state index contributed by atoms with van der Waals surface area (Å²) in [6, 6.07) is 40.1. The van der Waals surface area contributed by atoms with Crippen molar-refractivity contribution in [3.8, 4) is 5.88 Å². The summed E-state index contributed by atoms with van der Waals surface area (Å²) >= 11 is 0. The lowest BCUT2D eigenvalue weighted by atomic mass is 9.92. The number of piperidine rings is 1. The number of rotatable bonds is 17. The molecule has 0 radical (unpaired) electrons. The molecule has 0 bridgehead atoms. The number of piperazine rings is 1. The first kappa shape index (κ1) is 101. The highest BCUT2D eigenvalue weighted by Gasteiger charge is 2.32. The van der Waals surface area contributed by atoms with Gasteiger partial charge in [-0.05, 0) is 112 Å². The van der Waals surface area contributed by atoms with Crippen LogP contribution in [-0.4, -0.2) is 250 Å². The molecule has 676 valence electrons. The summed E-state index contributed by atoms with van der Waals surface area (Å²) in [6.45, 7) is 23.5. The molecular weight excluding hydrogens is 1560 g/mol. The van der Waals surface area contributed by atoms with Gasteiger partial charge in [0, 0.05) is 92.1 Å². The molecule has 16 N–H and O–H groups in total. The number of fused-ring (bicyclic) bond motifs is 6. The third kappa shape index (κ3) is 24.6. The second-order valence-electron chi connectivity index (χ2n) is 34.7. The summed E-state index contributed by atoms with van der Waals surface area (Å²) in [5.74, 6) is 4.30. The lowest BCUT2D eigenvalue weighted by Crippen LogP contribution is -3.15. The molecule has 3 aliphatic rings. The highest BCUT2D eigenvalue weighted by atomic mass is 16.5. The monoisotopic (exact) mass is 1700 g/mol. The number of imidazole rings is 1.